The van der Waals surface area contributed by atoms with E-state index in [4.69, 9.17) is 9.47 Å². The molecule has 2 heterocycles. The molecule has 0 saturated carbocycles. The van der Waals surface area contributed by atoms with E-state index in [1.165, 1.54) is 17.2 Å². The second kappa shape index (κ2) is 5.71. The predicted molar refractivity (Wildman–Crippen MR) is 96.7 cm³/mol. The molecule has 3 aliphatic rings. The summed E-state index contributed by atoms with van der Waals surface area (Å²) in [6.07, 6.45) is 2.74. The lowest BCUT2D eigenvalue weighted by Gasteiger charge is -2.41. The fourth-order valence-corrected chi connectivity index (χ4v) is 4.75. The smallest absolute Gasteiger partial charge is 0.277 e. The monoisotopic (exact) mass is 352 g/mol. The van der Waals surface area contributed by atoms with Gasteiger partial charge in [0.05, 0.1) is 11.0 Å². The van der Waals surface area contributed by atoms with Gasteiger partial charge in [0.2, 0.25) is 6.79 Å². The molecule has 0 saturated heterocycles. The van der Waals surface area contributed by atoms with E-state index >= 15 is 0 Å². The number of nitro benzene ring substituents is 1. The van der Waals surface area contributed by atoms with Crippen molar-refractivity contribution in [3.05, 3.63) is 51.1 Å². The van der Waals surface area contributed by atoms with Crippen molar-refractivity contribution >= 4 is 5.69 Å². The molecule has 134 valence electrons. The van der Waals surface area contributed by atoms with Crippen LogP contribution < -0.4 is 9.47 Å². The summed E-state index contributed by atoms with van der Waals surface area (Å²) >= 11 is 0. The van der Waals surface area contributed by atoms with Gasteiger partial charge in [-0.3, -0.25) is 15.0 Å². The molecular weight excluding hydrogens is 332 g/mol. The maximum Gasteiger partial charge on any atom is 0.277 e. The Balaban J connectivity index is 1.80. The fraction of sp³-hybridized carbons (Fsp3) is 0.400. The quantitative estimate of drug-likeness (QED) is 0.620. The van der Waals surface area contributed by atoms with Gasteiger partial charge in [0, 0.05) is 23.7 Å². The Bertz CT molecular complexity index is 925. The minimum absolute atomic E-state index is 0.114. The number of fused-ring (bicyclic) bond motifs is 4. The van der Waals surface area contributed by atoms with Crippen LogP contribution in [0, 0.1) is 10.1 Å². The number of rotatable bonds is 3. The van der Waals surface area contributed by atoms with Crippen LogP contribution in [0.1, 0.15) is 36.1 Å². The Labute approximate surface area is 151 Å². The molecule has 2 aromatic rings. The Morgan fingerprint density at radius 1 is 1.35 bits per heavy atom. The number of benzene rings is 2. The lowest BCUT2D eigenvalue weighted by Crippen LogP contribution is -2.39. The first-order valence-corrected chi connectivity index (χ1v) is 9.15. The van der Waals surface area contributed by atoms with Gasteiger partial charge >= 0.3 is 0 Å². The van der Waals surface area contributed by atoms with Crippen LogP contribution in [-0.4, -0.2) is 29.7 Å². The van der Waals surface area contributed by atoms with E-state index in [1.54, 1.807) is 0 Å². The molecule has 0 spiro atoms. The topological polar surface area (TPSA) is 64.8 Å². The summed E-state index contributed by atoms with van der Waals surface area (Å²) < 4.78 is 11.2. The molecule has 1 unspecified atom stereocenters. The molecule has 0 N–H and O–H groups in total. The second-order valence-corrected chi connectivity index (χ2v) is 7.12. The summed E-state index contributed by atoms with van der Waals surface area (Å²) in [4.78, 5) is 13.9. The van der Waals surface area contributed by atoms with E-state index in [0.717, 1.165) is 42.6 Å². The van der Waals surface area contributed by atoms with Crippen molar-refractivity contribution in [2.45, 2.75) is 32.2 Å². The zero-order valence-corrected chi connectivity index (χ0v) is 14.7. The largest absolute Gasteiger partial charge is 0.453 e. The number of nitro groups is 1. The highest BCUT2D eigenvalue weighted by molar-refractivity contribution is 5.86. The first-order chi connectivity index (χ1) is 12.7. The highest BCUT2D eigenvalue weighted by Crippen LogP contribution is 2.54. The average molecular weight is 352 g/mol. The van der Waals surface area contributed by atoms with Gasteiger partial charge in [-0.1, -0.05) is 25.1 Å². The summed E-state index contributed by atoms with van der Waals surface area (Å²) in [6, 6.07) is 8.04. The van der Waals surface area contributed by atoms with Gasteiger partial charge in [-0.15, -0.1) is 0 Å². The van der Waals surface area contributed by atoms with Crippen molar-refractivity contribution in [2.75, 3.05) is 19.9 Å². The molecule has 0 radical (unpaired) electrons. The van der Waals surface area contributed by atoms with Crippen molar-refractivity contribution < 1.29 is 14.4 Å². The summed E-state index contributed by atoms with van der Waals surface area (Å²) in [5.74, 6) is 1.14. The van der Waals surface area contributed by atoms with E-state index in [-0.39, 0.29) is 23.4 Å². The van der Waals surface area contributed by atoms with Crippen LogP contribution in [0.15, 0.2) is 24.3 Å². The molecule has 0 fully saturated rings. The van der Waals surface area contributed by atoms with E-state index in [9.17, 15) is 10.1 Å². The fourth-order valence-electron chi connectivity index (χ4n) is 4.75. The van der Waals surface area contributed by atoms with Gasteiger partial charge < -0.3 is 9.47 Å². The minimum Gasteiger partial charge on any atom is -0.453 e. The maximum absolute atomic E-state index is 11.8. The Kier molecular flexibility index (Phi) is 3.43. The molecule has 26 heavy (non-hydrogen) atoms. The average Bonchev–Trinajstić information content (AvgIpc) is 3.11. The Morgan fingerprint density at radius 3 is 3.04 bits per heavy atom. The molecule has 6 nitrogen and oxygen atoms in total. The van der Waals surface area contributed by atoms with Crippen LogP contribution in [0.2, 0.25) is 0 Å². The molecule has 0 amide bonds. The van der Waals surface area contributed by atoms with Gasteiger partial charge in [-0.05, 0) is 42.5 Å². The zero-order valence-electron chi connectivity index (χ0n) is 14.7. The highest BCUT2D eigenvalue weighted by atomic mass is 16.7. The van der Waals surface area contributed by atoms with Gasteiger partial charge in [0.1, 0.15) is 0 Å². The number of nitrogens with zero attached hydrogens (tertiary/aromatic N) is 2. The number of hydrogen-bond donors (Lipinski definition) is 0. The molecule has 2 aromatic carbocycles. The summed E-state index contributed by atoms with van der Waals surface area (Å²) in [5, 5.41) is 11.8. The van der Waals surface area contributed by atoms with Gasteiger partial charge in [-0.2, -0.15) is 0 Å². The van der Waals surface area contributed by atoms with Crippen LogP contribution in [-0.2, 0) is 12.8 Å². The predicted octanol–water partition coefficient (Wildman–Crippen LogP) is 3.86. The summed E-state index contributed by atoms with van der Waals surface area (Å²) in [6.45, 7) is 4.30. The van der Waals surface area contributed by atoms with Crippen LogP contribution in [0.5, 0.6) is 11.5 Å². The van der Waals surface area contributed by atoms with Crippen LogP contribution >= 0.6 is 0 Å². The molecule has 0 aromatic heterocycles. The lowest BCUT2D eigenvalue weighted by molar-refractivity contribution is -0.385. The zero-order chi connectivity index (χ0) is 17.8. The van der Waals surface area contributed by atoms with Crippen molar-refractivity contribution in [2.24, 2.45) is 0 Å². The first kappa shape index (κ1) is 15.6. The molecule has 1 aliphatic carbocycles. The van der Waals surface area contributed by atoms with Gasteiger partial charge in [0.25, 0.3) is 5.69 Å². The molecule has 2 aliphatic heterocycles. The minimum atomic E-state index is -0.289. The molecular formula is C20H20N2O4. The number of ether oxygens (including phenoxy) is 2. The van der Waals surface area contributed by atoms with Crippen LogP contribution in [0.4, 0.5) is 5.69 Å². The molecule has 1 atom stereocenters. The molecule has 0 bridgehead atoms. The van der Waals surface area contributed by atoms with Crippen molar-refractivity contribution in [1.82, 2.24) is 4.90 Å². The highest BCUT2D eigenvalue weighted by Gasteiger charge is 2.40. The summed E-state index contributed by atoms with van der Waals surface area (Å²) in [7, 11) is 0. The van der Waals surface area contributed by atoms with E-state index < -0.39 is 0 Å². The van der Waals surface area contributed by atoms with E-state index in [1.807, 2.05) is 0 Å². The van der Waals surface area contributed by atoms with E-state index in [0.29, 0.717) is 17.9 Å². The summed E-state index contributed by atoms with van der Waals surface area (Å²) in [5.41, 5.74) is 5.51. The third kappa shape index (κ3) is 2.08. The lowest BCUT2D eigenvalue weighted by atomic mass is 9.76. The first-order valence-electron chi connectivity index (χ1n) is 9.15. The van der Waals surface area contributed by atoms with Gasteiger partial charge in [-0.25, -0.2) is 0 Å². The van der Waals surface area contributed by atoms with Crippen molar-refractivity contribution in [1.29, 1.82) is 0 Å². The number of hydrogen-bond acceptors (Lipinski definition) is 5. The van der Waals surface area contributed by atoms with E-state index in [2.05, 4.69) is 30.0 Å². The second-order valence-electron chi connectivity index (χ2n) is 7.12. The SMILES string of the molecule is CCCN1CCc2cccc3c2C1Cc1c([N+](=O)[O-])cc2c(c1-3)OCO2. The third-order valence-corrected chi connectivity index (χ3v) is 5.76. The van der Waals surface area contributed by atoms with Crippen LogP contribution in [0.25, 0.3) is 11.1 Å². The molecule has 6 heteroatoms. The maximum atomic E-state index is 11.8. The third-order valence-electron chi connectivity index (χ3n) is 5.76. The standard InChI is InChI=1S/C20H20N2O4/c1-2-7-21-8-6-12-4-3-5-13-18(12)16(21)9-14-15(22(23)24)10-17-20(19(13)14)26-11-25-17/h3-5,10,16H,2,6-9,11H2,1H3. The van der Waals surface area contributed by atoms with Crippen molar-refractivity contribution in [3.63, 3.8) is 0 Å². The normalized spacial score (nSPS) is 19.8. The Hall–Kier alpha value is -2.60. The van der Waals surface area contributed by atoms with Crippen molar-refractivity contribution in [3.8, 4) is 22.6 Å². The Morgan fingerprint density at radius 2 is 2.23 bits per heavy atom. The molecule has 5 rings (SSSR count). The van der Waals surface area contributed by atoms with Crippen LogP contribution in [0.3, 0.4) is 0 Å². The van der Waals surface area contributed by atoms with Gasteiger partial charge in [0.15, 0.2) is 11.5 Å².